The maximum absolute atomic E-state index is 12.9. The maximum atomic E-state index is 12.9. The molecule has 0 aliphatic carbocycles. The van der Waals surface area contributed by atoms with Crippen molar-refractivity contribution in [3.05, 3.63) is 64.4 Å². The van der Waals surface area contributed by atoms with E-state index in [1.54, 1.807) is 30.3 Å². The molecule has 0 heterocycles. The van der Waals surface area contributed by atoms with Gasteiger partial charge in [-0.2, -0.15) is 5.26 Å². The quantitative estimate of drug-likeness (QED) is 0.880. The molecule has 0 saturated carbocycles. The first-order valence-corrected chi connectivity index (χ1v) is 7.41. The van der Waals surface area contributed by atoms with Crippen molar-refractivity contribution in [3.63, 3.8) is 0 Å². The minimum Gasteiger partial charge on any atom is -0.326 e. The molecule has 2 aromatic rings. The predicted molar refractivity (Wildman–Crippen MR) is 86.7 cm³/mol. The normalized spacial score (nSPS) is 11.6. The van der Waals surface area contributed by atoms with Crippen molar-refractivity contribution >= 4 is 23.2 Å². The molecule has 0 radical (unpaired) electrons. The van der Waals surface area contributed by atoms with Gasteiger partial charge in [-0.05, 0) is 30.3 Å². The maximum Gasteiger partial charge on any atom is 0.279 e. The van der Waals surface area contributed by atoms with Crippen LogP contribution in [0, 0.1) is 17.1 Å². The number of hydrogen-bond acceptors (Lipinski definition) is 2. The summed E-state index contributed by atoms with van der Waals surface area (Å²) in [6, 6.07) is 12.9. The molecule has 1 unspecified atom stereocenters. The van der Waals surface area contributed by atoms with Crippen LogP contribution in [0.15, 0.2) is 42.5 Å². The van der Waals surface area contributed by atoms with E-state index in [1.807, 2.05) is 13.1 Å². The standard InChI is InChI=1S/C17H15ClFN3O/c1-22(10-12-2-6-15(19)7-3-12)11-17(23)21-16-8-14(18)5-4-13(16)9-20/h2-8H,10-11H2,1H3,(H,21,23)/p+1. The Hall–Kier alpha value is -2.42. The van der Waals surface area contributed by atoms with Crippen molar-refractivity contribution in [3.8, 4) is 6.07 Å². The molecular weight excluding hydrogens is 317 g/mol. The van der Waals surface area contributed by atoms with Crippen LogP contribution in [0.3, 0.4) is 0 Å². The number of carbonyl (C=O) groups excluding carboxylic acids is 1. The van der Waals surface area contributed by atoms with Gasteiger partial charge in [0.15, 0.2) is 6.54 Å². The van der Waals surface area contributed by atoms with Crippen LogP contribution in [0.4, 0.5) is 10.1 Å². The zero-order chi connectivity index (χ0) is 16.8. The summed E-state index contributed by atoms with van der Waals surface area (Å²) in [5, 5.41) is 12.2. The highest BCUT2D eigenvalue weighted by molar-refractivity contribution is 6.31. The fourth-order valence-electron chi connectivity index (χ4n) is 2.20. The molecule has 0 fully saturated rings. The van der Waals surface area contributed by atoms with Gasteiger partial charge in [-0.3, -0.25) is 4.79 Å². The summed E-state index contributed by atoms with van der Waals surface area (Å²) in [5.41, 5.74) is 1.70. The van der Waals surface area contributed by atoms with Gasteiger partial charge in [-0.15, -0.1) is 0 Å². The van der Waals surface area contributed by atoms with Crippen LogP contribution in [0.1, 0.15) is 11.1 Å². The van der Waals surface area contributed by atoms with Crippen LogP contribution in [-0.2, 0) is 11.3 Å². The topological polar surface area (TPSA) is 57.3 Å². The van der Waals surface area contributed by atoms with Crippen molar-refractivity contribution < 1.29 is 14.1 Å². The highest BCUT2D eigenvalue weighted by Gasteiger charge is 2.13. The molecule has 0 aliphatic heterocycles. The smallest absolute Gasteiger partial charge is 0.279 e. The Kier molecular flexibility index (Phi) is 5.69. The largest absolute Gasteiger partial charge is 0.326 e. The summed E-state index contributed by atoms with van der Waals surface area (Å²) in [4.78, 5) is 13.0. The second-order valence-electron chi connectivity index (χ2n) is 5.29. The van der Waals surface area contributed by atoms with Crippen molar-refractivity contribution in [2.45, 2.75) is 6.54 Å². The average Bonchev–Trinajstić information content (AvgIpc) is 2.49. The second-order valence-corrected chi connectivity index (χ2v) is 5.72. The van der Waals surface area contributed by atoms with Crippen molar-refractivity contribution in [2.75, 3.05) is 18.9 Å². The molecule has 118 valence electrons. The van der Waals surface area contributed by atoms with E-state index in [2.05, 4.69) is 5.32 Å². The van der Waals surface area contributed by atoms with E-state index in [0.717, 1.165) is 10.5 Å². The number of amides is 1. The number of likely N-dealkylation sites (N-methyl/N-ethyl adjacent to an activating group) is 1. The van der Waals surface area contributed by atoms with Gasteiger partial charge in [0.25, 0.3) is 5.91 Å². The lowest BCUT2D eigenvalue weighted by Crippen LogP contribution is -3.08. The van der Waals surface area contributed by atoms with Gasteiger partial charge in [-0.25, -0.2) is 4.39 Å². The molecule has 1 amide bonds. The van der Waals surface area contributed by atoms with Crippen LogP contribution in [0.2, 0.25) is 5.02 Å². The van der Waals surface area contributed by atoms with Gasteiger partial charge in [0.1, 0.15) is 18.4 Å². The third-order valence-electron chi connectivity index (χ3n) is 3.26. The first kappa shape index (κ1) is 16.9. The summed E-state index contributed by atoms with van der Waals surface area (Å²) >= 11 is 5.89. The third kappa shape index (κ3) is 5.06. The molecule has 2 N–H and O–H groups in total. The fraction of sp³-hybridized carbons (Fsp3) is 0.176. The lowest BCUT2D eigenvalue weighted by molar-refractivity contribution is -0.885. The Morgan fingerprint density at radius 3 is 2.65 bits per heavy atom. The lowest BCUT2D eigenvalue weighted by Gasteiger charge is -2.14. The van der Waals surface area contributed by atoms with E-state index >= 15 is 0 Å². The van der Waals surface area contributed by atoms with Crippen LogP contribution < -0.4 is 10.2 Å². The number of rotatable bonds is 5. The Morgan fingerprint density at radius 2 is 2.00 bits per heavy atom. The van der Waals surface area contributed by atoms with Crippen LogP contribution in [0.5, 0.6) is 0 Å². The van der Waals surface area contributed by atoms with Crippen LogP contribution in [0.25, 0.3) is 0 Å². The van der Waals surface area contributed by atoms with Crippen molar-refractivity contribution in [2.24, 2.45) is 0 Å². The van der Waals surface area contributed by atoms with Crippen molar-refractivity contribution in [1.82, 2.24) is 0 Å². The van der Waals surface area contributed by atoms with Gasteiger partial charge < -0.3 is 10.2 Å². The molecule has 1 atom stereocenters. The SMILES string of the molecule is C[NH+](CC(=O)Nc1cc(Cl)ccc1C#N)Cc1ccc(F)cc1. The first-order chi connectivity index (χ1) is 11.0. The second kappa shape index (κ2) is 7.73. The van der Waals surface area contributed by atoms with Gasteiger partial charge in [0.2, 0.25) is 0 Å². The Bertz CT molecular complexity index is 740. The first-order valence-electron chi connectivity index (χ1n) is 7.03. The highest BCUT2D eigenvalue weighted by Crippen LogP contribution is 2.20. The third-order valence-corrected chi connectivity index (χ3v) is 3.49. The number of nitriles is 1. The Balaban J connectivity index is 1.95. The number of quaternary nitrogens is 1. The van der Waals surface area contributed by atoms with E-state index in [-0.39, 0.29) is 18.3 Å². The van der Waals surface area contributed by atoms with Gasteiger partial charge in [0.05, 0.1) is 18.3 Å². The summed E-state index contributed by atoms with van der Waals surface area (Å²) in [6.07, 6.45) is 0. The number of hydrogen-bond donors (Lipinski definition) is 2. The summed E-state index contributed by atoms with van der Waals surface area (Å²) in [6.45, 7) is 0.809. The molecule has 0 aliphatic rings. The number of nitrogens with one attached hydrogen (secondary N) is 2. The number of anilines is 1. The molecular formula is C17H16ClFN3O+. The van der Waals surface area contributed by atoms with Gasteiger partial charge >= 0.3 is 0 Å². The molecule has 23 heavy (non-hydrogen) atoms. The monoisotopic (exact) mass is 332 g/mol. The molecule has 0 bridgehead atoms. The van der Waals surface area contributed by atoms with E-state index in [1.165, 1.54) is 12.1 Å². The molecule has 6 heteroatoms. The summed E-state index contributed by atoms with van der Waals surface area (Å²) in [7, 11) is 1.87. The van der Waals surface area contributed by atoms with E-state index in [9.17, 15) is 9.18 Å². The summed E-state index contributed by atoms with van der Waals surface area (Å²) in [5.74, 6) is -0.502. The predicted octanol–water partition coefficient (Wildman–Crippen LogP) is 2.00. The molecule has 4 nitrogen and oxygen atoms in total. The molecule has 2 aromatic carbocycles. The molecule has 2 rings (SSSR count). The number of halogens is 2. The zero-order valence-electron chi connectivity index (χ0n) is 12.6. The fourth-order valence-corrected chi connectivity index (χ4v) is 2.37. The Morgan fingerprint density at radius 1 is 1.30 bits per heavy atom. The number of nitrogens with zero attached hydrogens (tertiary/aromatic N) is 1. The van der Waals surface area contributed by atoms with E-state index in [4.69, 9.17) is 16.9 Å². The van der Waals surface area contributed by atoms with E-state index < -0.39 is 0 Å². The Labute approximate surface area is 139 Å². The zero-order valence-corrected chi connectivity index (χ0v) is 13.3. The minimum absolute atomic E-state index is 0.217. The molecule has 0 saturated heterocycles. The number of carbonyl (C=O) groups is 1. The highest BCUT2D eigenvalue weighted by atomic mass is 35.5. The summed E-state index contributed by atoms with van der Waals surface area (Å²) < 4.78 is 12.9. The molecule has 0 spiro atoms. The van der Waals surface area contributed by atoms with Gasteiger partial charge in [0, 0.05) is 10.6 Å². The average molecular weight is 333 g/mol. The lowest BCUT2D eigenvalue weighted by atomic mass is 10.2. The van der Waals surface area contributed by atoms with Gasteiger partial charge in [-0.1, -0.05) is 23.7 Å². The molecule has 0 aromatic heterocycles. The minimum atomic E-state index is -0.283. The van der Waals surface area contributed by atoms with Crippen molar-refractivity contribution in [1.29, 1.82) is 5.26 Å². The number of benzene rings is 2. The van der Waals surface area contributed by atoms with E-state index in [0.29, 0.717) is 22.8 Å². The van der Waals surface area contributed by atoms with Crippen LogP contribution >= 0.6 is 11.6 Å². The van der Waals surface area contributed by atoms with Crippen LogP contribution in [-0.4, -0.2) is 19.5 Å².